The summed E-state index contributed by atoms with van der Waals surface area (Å²) < 4.78 is 41.5. The maximum atomic E-state index is 12.5. The molecule has 0 fully saturated rings. The van der Waals surface area contributed by atoms with Gasteiger partial charge in [-0.25, -0.2) is 4.79 Å². The molecule has 0 amide bonds. The number of rotatable bonds is 11. The van der Waals surface area contributed by atoms with E-state index in [4.69, 9.17) is 13.7 Å². The van der Waals surface area contributed by atoms with Gasteiger partial charge in [0.25, 0.3) is 10.1 Å². The van der Waals surface area contributed by atoms with Crippen molar-refractivity contribution in [1.82, 2.24) is 4.98 Å². The molecule has 1 aromatic heterocycles. The Morgan fingerprint density at radius 3 is 2.43 bits per heavy atom. The number of benzene rings is 2. The summed E-state index contributed by atoms with van der Waals surface area (Å²) in [7, 11) is -3.77. The van der Waals surface area contributed by atoms with Gasteiger partial charge in [-0.2, -0.15) is 8.42 Å². The zero-order valence-electron chi connectivity index (χ0n) is 22.1. The summed E-state index contributed by atoms with van der Waals surface area (Å²) in [6.07, 6.45) is 3.03. The number of carbonyl (C=O) groups excluding carboxylic acids is 1. The molecule has 1 atom stereocenters. The predicted molar refractivity (Wildman–Crippen MR) is 143 cm³/mol. The molecule has 0 radical (unpaired) electrons. The van der Waals surface area contributed by atoms with E-state index in [1.54, 1.807) is 42.6 Å². The highest BCUT2D eigenvalue weighted by Gasteiger charge is 2.19. The van der Waals surface area contributed by atoms with Crippen LogP contribution in [-0.4, -0.2) is 38.2 Å². The van der Waals surface area contributed by atoms with Crippen LogP contribution in [0.4, 0.5) is 0 Å². The van der Waals surface area contributed by atoms with Gasteiger partial charge in [0.05, 0.1) is 29.4 Å². The van der Waals surface area contributed by atoms with Crippen LogP contribution in [0.15, 0.2) is 71.8 Å². The zero-order valence-corrected chi connectivity index (χ0v) is 22.9. The number of esters is 1. The molecule has 8 heteroatoms. The second-order valence-corrected chi connectivity index (χ2v) is 11.7. The van der Waals surface area contributed by atoms with E-state index >= 15 is 0 Å². The average molecular weight is 526 g/mol. The number of para-hydroxylation sites is 1. The summed E-state index contributed by atoms with van der Waals surface area (Å²) in [6, 6.07) is 17.4. The normalized spacial score (nSPS) is 12.7. The van der Waals surface area contributed by atoms with Crippen LogP contribution in [0.1, 0.15) is 56.5 Å². The first kappa shape index (κ1) is 28.3. The minimum Gasteiger partial charge on any atom is -0.493 e. The van der Waals surface area contributed by atoms with Gasteiger partial charge in [0.1, 0.15) is 11.4 Å². The van der Waals surface area contributed by atoms with Gasteiger partial charge in [0, 0.05) is 11.8 Å². The molecular formula is C29H35NO6S. The average Bonchev–Trinajstić information content (AvgIpc) is 2.85. The molecule has 198 valence electrons. The first-order chi connectivity index (χ1) is 17.4. The Morgan fingerprint density at radius 1 is 1.03 bits per heavy atom. The van der Waals surface area contributed by atoms with Crippen LogP contribution in [0.3, 0.4) is 0 Å². The number of ether oxygens (including phenoxy) is 2. The Hall–Kier alpha value is -3.23. The quantitative estimate of drug-likeness (QED) is 0.167. The molecule has 3 rings (SSSR count). The molecule has 0 bridgehead atoms. The number of aromatic nitrogens is 1. The maximum Gasteiger partial charge on any atom is 0.338 e. The summed E-state index contributed by atoms with van der Waals surface area (Å²) in [5.74, 6) is 0.281. The van der Waals surface area contributed by atoms with Gasteiger partial charge >= 0.3 is 5.97 Å². The van der Waals surface area contributed by atoms with Crippen LogP contribution in [0.2, 0.25) is 0 Å². The van der Waals surface area contributed by atoms with Crippen LogP contribution >= 0.6 is 0 Å². The highest BCUT2D eigenvalue weighted by atomic mass is 32.2. The second-order valence-electron chi connectivity index (χ2n) is 10.1. The van der Waals surface area contributed by atoms with Crippen LogP contribution in [0.25, 0.3) is 11.3 Å². The molecule has 0 aliphatic rings. The fourth-order valence-corrected chi connectivity index (χ4v) is 4.54. The molecule has 2 aromatic carbocycles. The summed E-state index contributed by atoms with van der Waals surface area (Å²) in [4.78, 5) is 17.1. The van der Waals surface area contributed by atoms with E-state index in [0.717, 1.165) is 24.0 Å². The lowest BCUT2D eigenvalue weighted by molar-refractivity contribution is 0.00693. The van der Waals surface area contributed by atoms with E-state index in [-0.39, 0.29) is 17.4 Å². The SMILES string of the molecule is Cc1ccc(S(=O)(=O)OC[C@H](C)CCCOc2ccccc2-c2cc(C(=O)OC(C)(C)C)ccn2)cc1. The molecular weight excluding hydrogens is 490 g/mol. The molecule has 0 aliphatic carbocycles. The second kappa shape index (κ2) is 12.3. The van der Waals surface area contributed by atoms with Crippen molar-refractivity contribution in [2.24, 2.45) is 5.92 Å². The number of carbonyl (C=O) groups is 1. The Bertz CT molecular complexity index is 1300. The molecule has 7 nitrogen and oxygen atoms in total. The third-order valence-electron chi connectivity index (χ3n) is 5.47. The molecule has 0 unspecified atom stereocenters. The smallest absolute Gasteiger partial charge is 0.338 e. The summed E-state index contributed by atoms with van der Waals surface area (Å²) >= 11 is 0. The van der Waals surface area contributed by atoms with Crippen molar-refractivity contribution >= 4 is 16.1 Å². The molecule has 0 spiro atoms. The van der Waals surface area contributed by atoms with Gasteiger partial charge in [0.15, 0.2) is 0 Å². The molecule has 3 aromatic rings. The van der Waals surface area contributed by atoms with Gasteiger partial charge in [-0.05, 0) is 82.9 Å². The van der Waals surface area contributed by atoms with Crippen LogP contribution in [-0.2, 0) is 19.0 Å². The first-order valence-electron chi connectivity index (χ1n) is 12.3. The van der Waals surface area contributed by atoms with Gasteiger partial charge in [0.2, 0.25) is 0 Å². The molecule has 37 heavy (non-hydrogen) atoms. The van der Waals surface area contributed by atoms with E-state index in [1.165, 1.54) is 0 Å². The highest BCUT2D eigenvalue weighted by molar-refractivity contribution is 7.86. The summed E-state index contributed by atoms with van der Waals surface area (Å²) in [5, 5.41) is 0. The van der Waals surface area contributed by atoms with Gasteiger partial charge in [-0.3, -0.25) is 9.17 Å². The Labute approximate surface area is 219 Å². The van der Waals surface area contributed by atoms with E-state index in [0.29, 0.717) is 23.6 Å². The predicted octanol–water partition coefficient (Wildman–Crippen LogP) is 6.21. The number of hydrogen-bond acceptors (Lipinski definition) is 7. The zero-order chi connectivity index (χ0) is 27.1. The van der Waals surface area contributed by atoms with E-state index < -0.39 is 21.7 Å². The fraction of sp³-hybridized carbons (Fsp3) is 0.379. The third kappa shape index (κ3) is 8.68. The van der Waals surface area contributed by atoms with Crippen molar-refractivity contribution < 1.29 is 26.9 Å². The van der Waals surface area contributed by atoms with Crippen LogP contribution < -0.4 is 4.74 Å². The largest absolute Gasteiger partial charge is 0.493 e. The summed E-state index contributed by atoms with van der Waals surface area (Å²) in [6.45, 7) is 9.87. The van der Waals surface area contributed by atoms with Crippen molar-refractivity contribution in [1.29, 1.82) is 0 Å². The lowest BCUT2D eigenvalue weighted by Crippen LogP contribution is -2.23. The van der Waals surface area contributed by atoms with Crippen LogP contribution in [0.5, 0.6) is 5.75 Å². The number of hydrogen-bond donors (Lipinski definition) is 0. The highest BCUT2D eigenvalue weighted by Crippen LogP contribution is 2.29. The maximum absolute atomic E-state index is 12.5. The van der Waals surface area contributed by atoms with Gasteiger partial charge in [-0.15, -0.1) is 0 Å². The van der Waals surface area contributed by atoms with Crippen molar-refractivity contribution in [3.63, 3.8) is 0 Å². The Kier molecular flexibility index (Phi) is 9.45. The van der Waals surface area contributed by atoms with E-state index in [2.05, 4.69) is 4.98 Å². The van der Waals surface area contributed by atoms with E-state index in [1.807, 2.05) is 58.9 Å². The van der Waals surface area contributed by atoms with Crippen molar-refractivity contribution in [3.8, 4) is 17.0 Å². The Balaban J connectivity index is 1.54. The topological polar surface area (TPSA) is 91.8 Å². The lowest BCUT2D eigenvalue weighted by Gasteiger charge is -2.19. The molecule has 0 aliphatic heterocycles. The standard InChI is InChI=1S/C29H35NO6S/c1-21-12-14-24(15-13-21)37(32,33)35-20-22(2)9-8-18-34-27-11-7-6-10-25(27)26-19-23(16-17-30-26)28(31)36-29(3,4)5/h6-7,10-17,19,22H,8-9,18,20H2,1-5H3/t22-/m1/s1. The lowest BCUT2D eigenvalue weighted by atomic mass is 10.1. The van der Waals surface area contributed by atoms with Crippen molar-refractivity contribution in [3.05, 3.63) is 78.0 Å². The van der Waals surface area contributed by atoms with Gasteiger partial charge in [-0.1, -0.05) is 36.8 Å². The minimum atomic E-state index is -3.77. The molecule has 1 heterocycles. The minimum absolute atomic E-state index is 0.0336. The number of nitrogens with zero attached hydrogens (tertiary/aromatic N) is 1. The monoisotopic (exact) mass is 525 g/mol. The third-order valence-corrected chi connectivity index (χ3v) is 6.77. The Morgan fingerprint density at radius 2 is 1.73 bits per heavy atom. The molecule has 0 N–H and O–H groups in total. The van der Waals surface area contributed by atoms with Crippen LogP contribution in [0, 0.1) is 12.8 Å². The molecule has 0 saturated heterocycles. The molecule has 0 saturated carbocycles. The first-order valence-corrected chi connectivity index (χ1v) is 13.7. The summed E-state index contributed by atoms with van der Waals surface area (Å²) in [5.41, 5.74) is 2.20. The number of pyridine rings is 1. The van der Waals surface area contributed by atoms with Crippen molar-refractivity contribution in [2.75, 3.05) is 13.2 Å². The van der Waals surface area contributed by atoms with Gasteiger partial charge < -0.3 is 9.47 Å². The fourth-order valence-electron chi connectivity index (χ4n) is 3.52. The van der Waals surface area contributed by atoms with Crippen molar-refractivity contribution in [2.45, 2.75) is 58.0 Å². The number of aryl methyl sites for hydroxylation is 1. The van der Waals surface area contributed by atoms with E-state index in [9.17, 15) is 13.2 Å².